The van der Waals surface area contributed by atoms with Gasteiger partial charge in [-0.2, -0.15) is 5.10 Å². The standard InChI is InChI=1S/C27H20ClF3N2O4/c1-16-12-24(34)23(28)13-22(16)26(35)33-32-14-18-8-11-25(21-5-3-2-4-20(18)21)36-15-17-6-9-19(10-7-17)37-27(29,30)31/h2-14,34H,15H2,1H3,(H,33,35)/b32-14-. The van der Waals surface area contributed by atoms with Gasteiger partial charge >= 0.3 is 6.36 Å². The van der Waals surface area contributed by atoms with E-state index >= 15 is 0 Å². The van der Waals surface area contributed by atoms with Gasteiger partial charge in [-0.05, 0) is 59.8 Å². The first-order valence-corrected chi connectivity index (χ1v) is 11.3. The summed E-state index contributed by atoms with van der Waals surface area (Å²) in [5, 5.41) is 15.4. The Hall–Kier alpha value is -4.24. The van der Waals surface area contributed by atoms with E-state index in [1.807, 2.05) is 24.3 Å². The Kier molecular flexibility index (Phi) is 7.54. The summed E-state index contributed by atoms with van der Waals surface area (Å²) in [6.07, 6.45) is -3.25. The van der Waals surface area contributed by atoms with Crippen LogP contribution in [0.25, 0.3) is 10.8 Å². The van der Waals surface area contributed by atoms with Gasteiger partial charge in [0.05, 0.1) is 11.2 Å². The number of phenols is 1. The summed E-state index contributed by atoms with van der Waals surface area (Å²) in [7, 11) is 0. The normalized spacial score (nSPS) is 11.6. The molecule has 0 aromatic heterocycles. The number of nitrogens with one attached hydrogen (secondary N) is 1. The molecule has 4 aromatic rings. The molecule has 0 atom stereocenters. The molecule has 1 amide bonds. The second kappa shape index (κ2) is 10.8. The molecule has 0 fully saturated rings. The van der Waals surface area contributed by atoms with E-state index in [2.05, 4.69) is 15.3 Å². The molecule has 0 saturated carbocycles. The third-order valence-electron chi connectivity index (χ3n) is 5.38. The van der Waals surface area contributed by atoms with Crippen LogP contribution in [0.4, 0.5) is 13.2 Å². The second-order valence-electron chi connectivity index (χ2n) is 8.00. The lowest BCUT2D eigenvalue weighted by molar-refractivity contribution is -0.274. The van der Waals surface area contributed by atoms with Crippen LogP contribution in [0.2, 0.25) is 5.02 Å². The summed E-state index contributed by atoms with van der Waals surface area (Å²) >= 11 is 5.91. The molecule has 0 heterocycles. The summed E-state index contributed by atoms with van der Waals surface area (Å²) < 4.78 is 46.8. The van der Waals surface area contributed by atoms with Crippen molar-refractivity contribution in [2.24, 2.45) is 5.10 Å². The summed E-state index contributed by atoms with van der Waals surface area (Å²) in [5.74, 6) is -0.324. The van der Waals surface area contributed by atoms with E-state index in [9.17, 15) is 23.1 Å². The summed E-state index contributed by atoms with van der Waals surface area (Å²) in [5.41, 5.74) is 4.67. The number of hydrogen-bond donors (Lipinski definition) is 2. The largest absolute Gasteiger partial charge is 0.573 e. The van der Waals surface area contributed by atoms with Crippen molar-refractivity contribution in [1.29, 1.82) is 0 Å². The molecule has 2 N–H and O–H groups in total. The number of benzene rings is 4. The van der Waals surface area contributed by atoms with Gasteiger partial charge in [0.15, 0.2) is 0 Å². The number of amides is 1. The Morgan fingerprint density at radius 1 is 1.05 bits per heavy atom. The number of ether oxygens (including phenoxy) is 2. The molecule has 0 aliphatic heterocycles. The smallest absolute Gasteiger partial charge is 0.506 e. The quantitative estimate of drug-likeness (QED) is 0.205. The van der Waals surface area contributed by atoms with Crippen LogP contribution in [0.1, 0.15) is 27.0 Å². The Balaban J connectivity index is 1.47. The minimum atomic E-state index is -4.75. The van der Waals surface area contributed by atoms with Crippen molar-refractivity contribution in [2.45, 2.75) is 19.9 Å². The van der Waals surface area contributed by atoms with Crippen LogP contribution in [-0.2, 0) is 6.61 Å². The predicted octanol–water partition coefficient (Wildman–Crippen LogP) is 6.75. The van der Waals surface area contributed by atoms with Crippen molar-refractivity contribution >= 4 is 34.5 Å². The van der Waals surface area contributed by atoms with Gasteiger partial charge in [-0.25, -0.2) is 5.43 Å². The maximum atomic E-state index is 12.5. The molecule has 4 aromatic carbocycles. The highest BCUT2D eigenvalue weighted by Crippen LogP contribution is 2.30. The molecule has 0 spiro atoms. The third-order valence-corrected chi connectivity index (χ3v) is 5.68. The van der Waals surface area contributed by atoms with E-state index in [1.54, 1.807) is 19.1 Å². The van der Waals surface area contributed by atoms with Gasteiger partial charge < -0.3 is 14.6 Å². The molecule has 0 aliphatic carbocycles. The van der Waals surface area contributed by atoms with Crippen LogP contribution < -0.4 is 14.9 Å². The van der Waals surface area contributed by atoms with Crippen molar-refractivity contribution in [1.82, 2.24) is 5.43 Å². The fraction of sp³-hybridized carbons (Fsp3) is 0.111. The van der Waals surface area contributed by atoms with Crippen molar-refractivity contribution < 1.29 is 32.5 Å². The highest BCUT2D eigenvalue weighted by atomic mass is 35.5. The van der Waals surface area contributed by atoms with E-state index in [0.29, 0.717) is 16.9 Å². The zero-order valence-electron chi connectivity index (χ0n) is 19.3. The summed E-state index contributed by atoms with van der Waals surface area (Å²) in [6, 6.07) is 19.2. The van der Waals surface area contributed by atoms with Gasteiger partial charge in [-0.3, -0.25) is 4.79 Å². The molecule has 0 aliphatic rings. The van der Waals surface area contributed by atoms with Gasteiger partial charge in [-0.1, -0.05) is 48.0 Å². The average Bonchev–Trinajstić information content (AvgIpc) is 2.85. The topological polar surface area (TPSA) is 80.2 Å². The lowest BCUT2D eigenvalue weighted by Crippen LogP contribution is -2.18. The van der Waals surface area contributed by atoms with Gasteiger partial charge in [-0.15, -0.1) is 13.2 Å². The number of alkyl halides is 3. The van der Waals surface area contributed by atoms with Gasteiger partial charge in [0, 0.05) is 16.5 Å². The van der Waals surface area contributed by atoms with Crippen molar-refractivity contribution in [3.8, 4) is 17.2 Å². The van der Waals surface area contributed by atoms with Crippen LogP contribution in [0, 0.1) is 6.92 Å². The predicted molar refractivity (Wildman–Crippen MR) is 134 cm³/mol. The molecular formula is C27H20ClF3N2O4. The van der Waals surface area contributed by atoms with Crippen LogP contribution in [-0.4, -0.2) is 23.6 Å². The summed E-state index contributed by atoms with van der Waals surface area (Å²) in [4.78, 5) is 12.5. The van der Waals surface area contributed by atoms with E-state index in [0.717, 1.165) is 16.3 Å². The van der Waals surface area contributed by atoms with Crippen LogP contribution in [0.15, 0.2) is 77.9 Å². The number of carbonyl (C=O) groups excluding carboxylic acids is 1. The van der Waals surface area contributed by atoms with Crippen molar-refractivity contribution in [2.75, 3.05) is 0 Å². The molecule has 6 nitrogen and oxygen atoms in total. The van der Waals surface area contributed by atoms with Crippen molar-refractivity contribution in [3.63, 3.8) is 0 Å². The average molecular weight is 529 g/mol. The second-order valence-corrected chi connectivity index (χ2v) is 8.40. The van der Waals surface area contributed by atoms with Gasteiger partial charge in [0.25, 0.3) is 5.91 Å². The molecule has 10 heteroatoms. The highest BCUT2D eigenvalue weighted by molar-refractivity contribution is 6.32. The lowest BCUT2D eigenvalue weighted by atomic mass is 10.0. The van der Waals surface area contributed by atoms with Crippen LogP contribution in [0.5, 0.6) is 17.2 Å². The first-order valence-electron chi connectivity index (χ1n) is 10.9. The monoisotopic (exact) mass is 528 g/mol. The number of fused-ring (bicyclic) bond motifs is 1. The number of hydrazone groups is 1. The first kappa shape index (κ1) is 25.8. The number of halogens is 4. The van der Waals surface area contributed by atoms with E-state index in [-0.39, 0.29) is 28.7 Å². The number of hydrogen-bond acceptors (Lipinski definition) is 5. The molecule has 0 saturated heterocycles. The Labute approximate surface area is 214 Å². The zero-order chi connectivity index (χ0) is 26.6. The number of rotatable bonds is 7. The highest BCUT2D eigenvalue weighted by Gasteiger charge is 2.30. The number of carbonyl (C=O) groups is 1. The van der Waals surface area contributed by atoms with E-state index in [1.165, 1.54) is 42.6 Å². The zero-order valence-corrected chi connectivity index (χ0v) is 20.1. The number of nitrogens with zero attached hydrogens (tertiary/aromatic N) is 1. The Morgan fingerprint density at radius 2 is 1.76 bits per heavy atom. The molecule has 0 bridgehead atoms. The minimum absolute atomic E-state index is 0.0619. The number of aryl methyl sites for hydroxylation is 1. The fourth-order valence-corrected chi connectivity index (χ4v) is 3.78. The number of phenolic OH excluding ortho intramolecular Hbond substituents is 1. The number of aromatic hydroxyl groups is 1. The maximum absolute atomic E-state index is 12.5. The van der Waals surface area contributed by atoms with Gasteiger partial charge in [0.1, 0.15) is 23.9 Å². The maximum Gasteiger partial charge on any atom is 0.573 e. The molecule has 0 radical (unpaired) electrons. The molecule has 37 heavy (non-hydrogen) atoms. The van der Waals surface area contributed by atoms with Crippen LogP contribution >= 0.6 is 11.6 Å². The van der Waals surface area contributed by atoms with E-state index in [4.69, 9.17) is 16.3 Å². The van der Waals surface area contributed by atoms with Gasteiger partial charge in [0.2, 0.25) is 0 Å². The Morgan fingerprint density at radius 3 is 2.46 bits per heavy atom. The molecule has 4 rings (SSSR count). The SMILES string of the molecule is Cc1cc(O)c(Cl)cc1C(=O)N/N=C\c1ccc(OCc2ccc(OC(F)(F)F)cc2)c2ccccc12. The van der Waals surface area contributed by atoms with Crippen molar-refractivity contribution in [3.05, 3.63) is 100 Å². The third kappa shape index (κ3) is 6.50. The fourth-order valence-electron chi connectivity index (χ4n) is 3.61. The molecule has 0 unspecified atom stereocenters. The molecule has 190 valence electrons. The van der Waals surface area contributed by atoms with Crippen LogP contribution in [0.3, 0.4) is 0 Å². The lowest BCUT2D eigenvalue weighted by Gasteiger charge is -2.12. The minimum Gasteiger partial charge on any atom is -0.506 e. The summed E-state index contributed by atoms with van der Waals surface area (Å²) in [6.45, 7) is 1.81. The van der Waals surface area contributed by atoms with E-state index < -0.39 is 12.3 Å². The first-order chi connectivity index (χ1) is 17.6. The molecular weight excluding hydrogens is 509 g/mol. The Bertz CT molecular complexity index is 1470.